The summed E-state index contributed by atoms with van der Waals surface area (Å²) in [5, 5.41) is 17.3. The molecule has 0 aromatic carbocycles. The maximum atomic E-state index is 11.8. The second kappa shape index (κ2) is 4.86. The SMILES string of the molecule is O=C(O)c1cn(CCS(=O)(=O)c2cccs2)nn1. The van der Waals surface area contributed by atoms with Crippen LogP contribution < -0.4 is 0 Å². The van der Waals surface area contributed by atoms with Gasteiger partial charge in [0, 0.05) is 0 Å². The summed E-state index contributed by atoms with van der Waals surface area (Å²) in [6.07, 6.45) is 1.20. The Hall–Kier alpha value is -1.74. The molecule has 0 bridgehead atoms. The molecule has 2 rings (SSSR count). The van der Waals surface area contributed by atoms with Crippen molar-refractivity contribution in [3.63, 3.8) is 0 Å². The summed E-state index contributed by atoms with van der Waals surface area (Å²) in [5.41, 5.74) is -0.205. The van der Waals surface area contributed by atoms with Crippen molar-refractivity contribution in [1.29, 1.82) is 0 Å². The number of rotatable bonds is 5. The lowest BCUT2D eigenvalue weighted by molar-refractivity contribution is 0.0690. The molecule has 0 unspecified atom stereocenters. The molecule has 0 saturated carbocycles. The Morgan fingerprint density at radius 2 is 2.28 bits per heavy atom. The van der Waals surface area contributed by atoms with Crippen LogP contribution in [0.25, 0.3) is 0 Å². The van der Waals surface area contributed by atoms with Gasteiger partial charge in [-0.1, -0.05) is 11.3 Å². The van der Waals surface area contributed by atoms with Crippen molar-refractivity contribution in [3.05, 3.63) is 29.4 Å². The van der Waals surface area contributed by atoms with Gasteiger partial charge in [0.1, 0.15) is 4.21 Å². The lowest BCUT2D eigenvalue weighted by Crippen LogP contribution is -2.12. The Morgan fingerprint density at radius 3 is 2.83 bits per heavy atom. The highest BCUT2D eigenvalue weighted by molar-refractivity contribution is 7.93. The van der Waals surface area contributed by atoms with Crippen LogP contribution in [0.2, 0.25) is 0 Å². The summed E-state index contributed by atoms with van der Waals surface area (Å²) in [6.45, 7) is 0.0700. The van der Waals surface area contributed by atoms with Crippen molar-refractivity contribution in [1.82, 2.24) is 15.0 Å². The molecule has 0 atom stereocenters. The third kappa shape index (κ3) is 2.74. The van der Waals surface area contributed by atoms with Gasteiger partial charge in [-0.3, -0.25) is 4.68 Å². The summed E-state index contributed by atoms with van der Waals surface area (Å²) in [7, 11) is -3.34. The fourth-order valence-corrected chi connectivity index (χ4v) is 3.63. The first-order valence-electron chi connectivity index (χ1n) is 4.89. The van der Waals surface area contributed by atoms with E-state index in [9.17, 15) is 13.2 Å². The van der Waals surface area contributed by atoms with Gasteiger partial charge in [-0.2, -0.15) is 0 Å². The smallest absolute Gasteiger partial charge is 0.358 e. The molecule has 0 spiro atoms. The minimum atomic E-state index is -3.34. The third-order valence-corrected chi connectivity index (χ3v) is 5.33. The fraction of sp³-hybridized carbons (Fsp3) is 0.222. The van der Waals surface area contributed by atoms with Crippen LogP contribution in [-0.4, -0.2) is 40.2 Å². The lowest BCUT2D eigenvalue weighted by atomic mass is 10.5. The van der Waals surface area contributed by atoms with Crippen molar-refractivity contribution in [2.24, 2.45) is 0 Å². The van der Waals surface area contributed by atoms with Crippen molar-refractivity contribution < 1.29 is 18.3 Å². The maximum absolute atomic E-state index is 11.8. The van der Waals surface area contributed by atoms with Crippen molar-refractivity contribution in [2.45, 2.75) is 10.8 Å². The second-order valence-electron chi connectivity index (χ2n) is 3.42. The molecule has 0 fully saturated rings. The minimum Gasteiger partial charge on any atom is -0.476 e. The zero-order valence-electron chi connectivity index (χ0n) is 9.05. The van der Waals surface area contributed by atoms with Gasteiger partial charge in [0.15, 0.2) is 15.5 Å². The van der Waals surface area contributed by atoms with Gasteiger partial charge >= 0.3 is 5.97 Å². The van der Waals surface area contributed by atoms with E-state index < -0.39 is 15.8 Å². The van der Waals surface area contributed by atoms with E-state index >= 15 is 0 Å². The van der Waals surface area contributed by atoms with E-state index in [1.165, 1.54) is 16.9 Å². The Labute approximate surface area is 107 Å². The van der Waals surface area contributed by atoms with Crippen molar-refractivity contribution >= 4 is 27.1 Å². The number of aryl methyl sites for hydroxylation is 1. The fourth-order valence-electron chi connectivity index (χ4n) is 1.26. The number of aromatic nitrogens is 3. The van der Waals surface area contributed by atoms with Crippen LogP contribution in [0, 0.1) is 0 Å². The van der Waals surface area contributed by atoms with Gasteiger partial charge < -0.3 is 5.11 Å². The summed E-state index contributed by atoms with van der Waals surface area (Å²) in [4.78, 5) is 10.6. The maximum Gasteiger partial charge on any atom is 0.358 e. The molecular formula is C9H9N3O4S2. The average molecular weight is 287 g/mol. The predicted octanol–water partition coefficient (Wildman–Crippen LogP) is 0.512. The molecule has 2 aromatic heterocycles. The molecule has 18 heavy (non-hydrogen) atoms. The summed E-state index contributed by atoms with van der Waals surface area (Å²) in [6, 6.07) is 3.19. The summed E-state index contributed by atoms with van der Waals surface area (Å²) >= 11 is 1.15. The molecular weight excluding hydrogens is 278 g/mol. The Kier molecular flexibility index (Phi) is 3.43. The number of sulfone groups is 1. The third-order valence-electron chi connectivity index (χ3n) is 2.15. The number of carbonyl (C=O) groups is 1. The predicted molar refractivity (Wildman–Crippen MR) is 63.4 cm³/mol. The summed E-state index contributed by atoms with van der Waals surface area (Å²) < 4.78 is 25.2. The van der Waals surface area contributed by atoms with Gasteiger partial charge in [0.05, 0.1) is 18.5 Å². The van der Waals surface area contributed by atoms with Gasteiger partial charge in [-0.05, 0) is 11.4 Å². The van der Waals surface area contributed by atoms with E-state index in [2.05, 4.69) is 10.3 Å². The number of thiophene rings is 1. The van der Waals surface area contributed by atoms with E-state index in [1.54, 1.807) is 11.4 Å². The molecule has 96 valence electrons. The normalized spacial score (nSPS) is 11.6. The highest BCUT2D eigenvalue weighted by Gasteiger charge is 2.16. The standard InChI is InChI=1S/C9H9N3O4S2/c13-9(14)7-6-12(11-10-7)3-5-18(15,16)8-2-1-4-17-8/h1-2,4,6H,3,5H2,(H,13,14). The van der Waals surface area contributed by atoms with Crippen LogP contribution in [0.3, 0.4) is 0 Å². The number of nitrogens with zero attached hydrogens (tertiary/aromatic N) is 3. The number of carboxylic acid groups (broad SMARTS) is 1. The first kappa shape index (κ1) is 12.7. The number of hydrogen-bond donors (Lipinski definition) is 1. The molecule has 0 amide bonds. The first-order valence-corrected chi connectivity index (χ1v) is 7.42. The summed E-state index contributed by atoms with van der Waals surface area (Å²) in [5.74, 6) is -1.34. The number of hydrogen-bond acceptors (Lipinski definition) is 6. The monoisotopic (exact) mass is 287 g/mol. The molecule has 7 nitrogen and oxygen atoms in total. The topological polar surface area (TPSA) is 102 Å². The highest BCUT2D eigenvalue weighted by atomic mass is 32.2. The van der Waals surface area contributed by atoms with Gasteiger partial charge in [0.25, 0.3) is 0 Å². The van der Waals surface area contributed by atoms with E-state index in [1.807, 2.05) is 0 Å². The van der Waals surface area contributed by atoms with Crippen LogP contribution in [0.15, 0.2) is 27.9 Å². The molecule has 2 aromatic rings. The van der Waals surface area contributed by atoms with Gasteiger partial charge in [-0.25, -0.2) is 13.2 Å². The highest BCUT2D eigenvalue weighted by Crippen LogP contribution is 2.17. The van der Waals surface area contributed by atoms with E-state index in [4.69, 9.17) is 5.11 Å². The zero-order chi connectivity index (χ0) is 13.2. The lowest BCUT2D eigenvalue weighted by Gasteiger charge is -2.01. The largest absolute Gasteiger partial charge is 0.476 e. The van der Waals surface area contributed by atoms with Crippen LogP contribution in [0.5, 0.6) is 0 Å². The second-order valence-corrected chi connectivity index (χ2v) is 6.71. The van der Waals surface area contributed by atoms with Crippen LogP contribution >= 0.6 is 11.3 Å². The van der Waals surface area contributed by atoms with Crippen LogP contribution in [-0.2, 0) is 16.4 Å². The van der Waals surface area contributed by atoms with Crippen molar-refractivity contribution in [3.8, 4) is 0 Å². The van der Waals surface area contributed by atoms with Crippen LogP contribution in [0.1, 0.15) is 10.5 Å². The quantitative estimate of drug-likeness (QED) is 0.859. The Bertz CT molecular complexity index is 645. The van der Waals surface area contributed by atoms with E-state index in [0.717, 1.165) is 11.3 Å². The molecule has 1 N–H and O–H groups in total. The molecule has 9 heteroatoms. The van der Waals surface area contributed by atoms with E-state index in [-0.39, 0.29) is 18.0 Å². The zero-order valence-corrected chi connectivity index (χ0v) is 10.7. The Morgan fingerprint density at radius 1 is 1.50 bits per heavy atom. The molecule has 0 aliphatic rings. The minimum absolute atomic E-state index is 0.0700. The van der Waals surface area contributed by atoms with Gasteiger partial charge in [0.2, 0.25) is 0 Å². The molecule has 0 aliphatic carbocycles. The average Bonchev–Trinajstić information content (AvgIpc) is 2.98. The van der Waals surface area contributed by atoms with Gasteiger partial charge in [-0.15, -0.1) is 16.4 Å². The molecule has 0 saturated heterocycles. The Balaban J connectivity index is 2.05. The van der Waals surface area contributed by atoms with E-state index in [0.29, 0.717) is 4.21 Å². The molecule has 2 heterocycles. The van der Waals surface area contributed by atoms with Crippen molar-refractivity contribution in [2.75, 3.05) is 5.75 Å². The molecule has 0 radical (unpaired) electrons. The number of carboxylic acids is 1. The first-order chi connectivity index (χ1) is 8.49. The molecule has 0 aliphatic heterocycles. The van der Waals surface area contributed by atoms with Crippen LogP contribution in [0.4, 0.5) is 0 Å². The number of aromatic carboxylic acids is 1.